The molecule has 1 rings (SSSR count). The van der Waals surface area contributed by atoms with Gasteiger partial charge in [-0.3, -0.25) is 0 Å². The molecule has 2 atom stereocenters. The molecule has 8 nitrogen and oxygen atoms in total. The normalized spacial score (nSPS) is 14.4. The topological polar surface area (TPSA) is 87.8 Å². The van der Waals surface area contributed by atoms with E-state index >= 15 is 0 Å². The summed E-state index contributed by atoms with van der Waals surface area (Å²) in [6, 6.07) is 0. The first-order valence-electron chi connectivity index (χ1n) is 6.27. The third-order valence-electron chi connectivity index (χ3n) is 2.69. The average Bonchev–Trinajstić information content (AvgIpc) is 2.87. The Morgan fingerprint density at radius 3 is 2.15 bits per heavy atom. The van der Waals surface area contributed by atoms with Gasteiger partial charge in [0.05, 0.1) is 6.61 Å². The van der Waals surface area contributed by atoms with Crippen LogP contribution in [0.25, 0.3) is 0 Å². The third kappa shape index (κ3) is 3.84. The summed E-state index contributed by atoms with van der Waals surface area (Å²) in [6.45, 7) is 5.63. The van der Waals surface area contributed by atoms with Crippen molar-refractivity contribution in [3.05, 3.63) is 11.6 Å². The van der Waals surface area contributed by atoms with E-state index in [-0.39, 0.29) is 18.8 Å². The van der Waals surface area contributed by atoms with Crippen LogP contribution in [0.15, 0.2) is 5.10 Å². The Kier molecular flexibility index (Phi) is 6.26. The van der Waals surface area contributed by atoms with Gasteiger partial charge >= 0.3 is 5.97 Å². The highest BCUT2D eigenvalue weighted by atomic mass is 16.5. The average molecular weight is 284 g/mol. The third-order valence-corrected chi connectivity index (χ3v) is 2.69. The van der Waals surface area contributed by atoms with Crippen molar-refractivity contribution in [2.45, 2.75) is 33.0 Å². The van der Waals surface area contributed by atoms with Crippen LogP contribution in [-0.4, -0.2) is 47.9 Å². The van der Waals surface area contributed by atoms with Gasteiger partial charge in [-0.15, -0.1) is 10.2 Å². The van der Waals surface area contributed by atoms with Crippen LogP contribution in [-0.2, 0) is 19.0 Å². The molecule has 0 aliphatic heterocycles. The van der Waals surface area contributed by atoms with Crippen molar-refractivity contribution in [3.8, 4) is 0 Å². The fourth-order valence-electron chi connectivity index (χ4n) is 1.43. The lowest BCUT2D eigenvalue weighted by Crippen LogP contribution is -2.12. The summed E-state index contributed by atoms with van der Waals surface area (Å²) in [5.41, 5.74) is 0. The number of carbonyl (C=O) groups is 1. The van der Waals surface area contributed by atoms with E-state index in [1.165, 1.54) is 4.68 Å². The van der Waals surface area contributed by atoms with Crippen molar-refractivity contribution in [2.75, 3.05) is 20.8 Å². The van der Waals surface area contributed by atoms with Crippen LogP contribution in [0.2, 0.25) is 0 Å². The second-order valence-electron chi connectivity index (χ2n) is 3.98. The van der Waals surface area contributed by atoms with Crippen LogP contribution in [0.1, 0.15) is 44.6 Å². The summed E-state index contributed by atoms with van der Waals surface area (Å²) in [4.78, 5) is 11.4. The molecule has 0 spiro atoms. The van der Waals surface area contributed by atoms with Gasteiger partial charge in [-0.1, -0.05) is 0 Å². The molecule has 0 bridgehead atoms. The van der Waals surface area contributed by atoms with E-state index in [9.17, 15) is 4.79 Å². The van der Waals surface area contributed by atoms with Gasteiger partial charge in [0.25, 0.3) is 0 Å². The van der Waals surface area contributed by atoms with Crippen molar-refractivity contribution in [1.82, 2.24) is 14.9 Å². The first-order chi connectivity index (χ1) is 9.54. The van der Waals surface area contributed by atoms with Crippen molar-refractivity contribution in [2.24, 2.45) is 5.10 Å². The van der Waals surface area contributed by atoms with E-state index in [2.05, 4.69) is 15.3 Å². The summed E-state index contributed by atoms with van der Waals surface area (Å²) >= 11 is 0. The summed E-state index contributed by atoms with van der Waals surface area (Å²) in [5, 5.41) is 12.1. The van der Waals surface area contributed by atoms with E-state index in [1.54, 1.807) is 21.1 Å². The Hall–Kier alpha value is -1.80. The minimum absolute atomic E-state index is 0.287. The van der Waals surface area contributed by atoms with Crippen LogP contribution in [0.4, 0.5) is 0 Å². The maximum atomic E-state index is 11.4. The van der Waals surface area contributed by atoms with Gasteiger partial charge < -0.3 is 14.2 Å². The van der Waals surface area contributed by atoms with Crippen molar-refractivity contribution in [1.29, 1.82) is 0 Å². The van der Waals surface area contributed by atoms with Crippen LogP contribution >= 0.6 is 0 Å². The van der Waals surface area contributed by atoms with E-state index in [4.69, 9.17) is 14.2 Å². The Balaban J connectivity index is 3.11. The SMILES string of the molecule is CCOC(=O)C=Nn1c(C(C)OC)nnc1C(C)OC. The molecular weight excluding hydrogens is 264 g/mol. The predicted molar refractivity (Wildman–Crippen MR) is 71.4 cm³/mol. The second kappa shape index (κ2) is 7.71. The maximum Gasteiger partial charge on any atom is 0.351 e. The summed E-state index contributed by atoms with van der Waals surface area (Å²) < 4.78 is 16.6. The van der Waals surface area contributed by atoms with Gasteiger partial charge in [-0.05, 0) is 20.8 Å². The fourth-order valence-corrected chi connectivity index (χ4v) is 1.43. The van der Waals surface area contributed by atoms with Crippen molar-refractivity contribution >= 4 is 12.2 Å². The number of ether oxygens (including phenoxy) is 3. The maximum absolute atomic E-state index is 11.4. The predicted octanol–water partition coefficient (Wildman–Crippen LogP) is 1.09. The molecule has 2 unspecified atom stereocenters. The van der Waals surface area contributed by atoms with Crippen LogP contribution in [0.3, 0.4) is 0 Å². The number of carbonyl (C=O) groups excluding carboxylic acids is 1. The number of aromatic nitrogens is 3. The van der Waals surface area contributed by atoms with Crippen LogP contribution < -0.4 is 0 Å². The highest BCUT2D eigenvalue weighted by molar-refractivity contribution is 6.23. The molecule has 112 valence electrons. The molecule has 0 fully saturated rings. The van der Waals surface area contributed by atoms with Gasteiger partial charge in [-0.25, -0.2) is 4.79 Å². The number of rotatable bonds is 7. The zero-order valence-corrected chi connectivity index (χ0v) is 12.4. The molecule has 0 aliphatic rings. The fraction of sp³-hybridized carbons (Fsp3) is 0.667. The molecule has 1 aromatic heterocycles. The van der Waals surface area contributed by atoms with Crippen LogP contribution in [0.5, 0.6) is 0 Å². The Bertz CT molecular complexity index is 445. The Morgan fingerprint density at radius 1 is 1.25 bits per heavy atom. The lowest BCUT2D eigenvalue weighted by molar-refractivity contribution is -0.134. The quantitative estimate of drug-likeness (QED) is 0.550. The molecule has 0 N–H and O–H groups in total. The van der Waals surface area contributed by atoms with Gasteiger partial charge in [0.1, 0.15) is 18.4 Å². The number of hydrogen-bond acceptors (Lipinski definition) is 7. The molecule has 0 saturated carbocycles. The minimum Gasteiger partial charge on any atom is -0.462 e. The van der Waals surface area contributed by atoms with Gasteiger partial charge in [-0.2, -0.15) is 9.78 Å². The largest absolute Gasteiger partial charge is 0.462 e. The zero-order valence-electron chi connectivity index (χ0n) is 12.4. The molecule has 0 radical (unpaired) electrons. The monoisotopic (exact) mass is 284 g/mol. The van der Waals surface area contributed by atoms with E-state index < -0.39 is 5.97 Å². The first kappa shape index (κ1) is 16.3. The smallest absolute Gasteiger partial charge is 0.351 e. The first-order valence-corrected chi connectivity index (χ1v) is 6.27. The van der Waals surface area contributed by atoms with Gasteiger partial charge in [0, 0.05) is 14.2 Å². The highest BCUT2D eigenvalue weighted by Gasteiger charge is 2.21. The minimum atomic E-state index is -0.534. The number of hydrogen-bond donors (Lipinski definition) is 0. The summed E-state index contributed by atoms with van der Waals surface area (Å²) in [6.07, 6.45) is 0.434. The van der Waals surface area contributed by atoms with Crippen molar-refractivity contribution < 1.29 is 19.0 Å². The van der Waals surface area contributed by atoms with Crippen LogP contribution in [0, 0.1) is 0 Å². The van der Waals surface area contributed by atoms with E-state index in [1.807, 2.05) is 13.8 Å². The second-order valence-corrected chi connectivity index (χ2v) is 3.98. The molecule has 1 heterocycles. The molecule has 0 aliphatic carbocycles. The van der Waals surface area contributed by atoms with Gasteiger partial charge in [0.15, 0.2) is 11.6 Å². The number of esters is 1. The van der Waals surface area contributed by atoms with Crippen molar-refractivity contribution in [3.63, 3.8) is 0 Å². The molecule has 0 aromatic carbocycles. The molecule has 0 saturated heterocycles. The molecule has 8 heteroatoms. The standard InChI is InChI=1S/C12H20N4O4/c1-6-20-10(17)7-13-16-11(8(2)18-4)14-15-12(16)9(3)19-5/h7-9H,6H2,1-5H3. The molecular formula is C12H20N4O4. The molecule has 20 heavy (non-hydrogen) atoms. The Morgan fingerprint density at radius 2 is 1.75 bits per heavy atom. The Labute approximate surface area is 117 Å². The highest BCUT2D eigenvalue weighted by Crippen LogP contribution is 2.20. The number of nitrogens with zero attached hydrogens (tertiary/aromatic N) is 4. The van der Waals surface area contributed by atoms with E-state index in [0.717, 1.165) is 6.21 Å². The number of methoxy groups -OCH3 is 2. The molecule has 0 amide bonds. The summed E-state index contributed by atoms with van der Waals surface area (Å²) in [7, 11) is 3.11. The summed E-state index contributed by atoms with van der Waals surface area (Å²) in [5.74, 6) is 0.423. The van der Waals surface area contributed by atoms with Gasteiger partial charge in [0.2, 0.25) is 0 Å². The van der Waals surface area contributed by atoms with E-state index in [0.29, 0.717) is 11.6 Å². The lowest BCUT2D eigenvalue weighted by Gasteiger charge is -2.11. The zero-order chi connectivity index (χ0) is 15.1. The lowest BCUT2D eigenvalue weighted by atomic mass is 10.3. The molecule has 1 aromatic rings.